The number of ether oxygens (including phenoxy) is 2. The van der Waals surface area contributed by atoms with E-state index >= 15 is 0 Å². The van der Waals surface area contributed by atoms with Crippen molar-refractivity contribution in [2.75, 3.05) is 40.0 Å². The quantitative estimate of drug-likeness (QED) is 0.647. The summed E-state index contributed by atoms with van der Waals surface area (Å²) >= 11 is 0. The number of likely N-dealkylation sites (tertiary alicyclic amines) is 1. The van der Waals surface area contributed by atoms with Crippen molar-refractivity contribution in [2.24, 2.45) is 5.41 Å². The molecule has 13 heavy (non-hydrogen) atoms. The van der Waals surface area contributed by atoms with Crippen LogP contribution in [0.5, 0.6) is 0 Å². The second-order valence-corrected chi connectivity index (χ2v) is 4.40. The molecule has 0 amide bonds. The third kappa shape index (κ3) is 1.73. The third-order valence-electron chi connectivity index (χ3n) is 3.20. The minimum absolute atomic E-state index is 0.299. The van der Waals surface area contributed by atoms with Gasteiger partial charge in [0.25, 0.3) is 0 Å². The molecule has 2 aliphatic heterocycles. The summed E-state index contributed by atoms with van der Waals surface area (Å²) in [6.45, 7) is 7.34. The largest absolute Gasteiger partial charge is 0.384 e. The number of methoxy groups -OCH3 is 1. The van der Waals surface area contributed by atoms with Gasteiger partial charge in [-0.05, 0) is 13.0 Å². The predicted molar refractivity (Wildman–Crippen MR) is 50.8 cm³/mol. The maximum atomic E-state index is 5.74. The molecule has 0 spiro atoms. The van der Waals surface area contributed by atoms with Crippen molar-refractivity contribution in [3.05, 3.63) is 0 Å². The van der Waals surface area contributed by atoms with Crippen molar-refractivity contribution >= 4 is 0 Å². The molecular weight excluding hydrogens is 166 g/mol. The molecule has 2 rings (SSSR count). The average Bonchev–Trinajstić information content (AvgIpc) is 2.42. The molecule has 0 N–H and O–H groups in total. The number of nitrogens with zero attached hydrogens (tertiary/aromatic N) is 1. The fraction of sp³-hybridized carbons (Fsp3) is 1.00. The van der Waals surface area contributed by atoms with Crippen LogP contribution in [-0.4, -0.2) is 51.0 Å². The molecule has 0 saturated carbocycles. The Morgan fingerprint density at radius 3 is 3.15 bits per heavy atom. The van der Waals surface area contributed by atoms with E-state index in [-0.39, 0.29) is 0 Å². The Hall–Kier alpha value is -0.120. The summed E-state index contributed by atoms with van der Waals surface area (Å²) in [5.74, 6) is 0. The third-order valence-corrected chi connectivity index (χ3v) is 3.20. The minimum atomic E-state index is 0.299. The SMILES string of the molecule is CCN1C[C@H]2C[C@](COC)(CO2)C1. The highest BCUT2D eigenvalue weighted by Crippen LogP contribution is 2.38. The normalized spacial score (nSPS) is 39.7. The minimum Gasteiger partial charge on any atom is -0.384 e. The zero-order valence-corrected chi connectivity index (χ0v) is 8.58. The first-order chi connectivity index (χ1) is 6.28. The van der Waals surface area contributed by atoms with E-state index in [4.69, 9.17) is 9.47 Å². The molecule has 3 heteroatoms. The van der Waals surface area contributed by atoms with Gasteiger partial charge in [0, 0.05) is 25.6 Å². The van der Waals surface area contributed by atoms with Crippen LogP contribution in [0.25, 0.3) is 0 Å². The second kappa shape index (κ2) is 3.56. The van der Waals surface area contributed by atoms with Gasteiger partial charge in [-0.3, -0.25) is 0 Å². The Morgan fingerprint density at radius 2 is 2.46 bits per heavy atom. The lowest BCUT2D eigenvalue weighted by molar-refractivity contribution is 0.0403. The van der Waals surface area contributed by atoms with Crippen molar-refractivity contribution < 1.29 is 9.47 Å². The van der Waals surface area contributed by atoms with Gasteiger partial charge in [0.1, 0.15) is 0 Å². The zero-order chi connectivity index (χ0) is 9.31. The molecule has 76 valence electrons. The zero-order valence-electron chi connectivity index (χ0n) is 8.58. The molecule has 0 radical (unpaired) electrons. The topological polar surface area (TPSA) is 21.7 Å². The number of fused-ring (bicyclic) bond motifs is 2. The highest BCUT2D eigenvalue weighted by molar-refractivity contribution is 4.95. The summed E-state index contributed by atoms with van der Waals surface area (Å²) in [6.07, 6.45) is 1.65. The molecule has 2 saturated heterocycles. The van der Waals surface area contributed by atoms with E-state index in [1.54, 1.807) is 7.11 Å². The summed E-state index contributed by atoms with van der Waals surface area (Å²) in [5.41, 5.74) is 0.299. The van der Waals surface area contributed by atoms with Gasteiger partial charge in [0.05, 0.1) is 19.3 Å². The number of hydrogen-bond acceptors (Lipinski definition) is 3. The van der Waals surface area contributed by atoms with Gasteiger partial charge in [-0.2, -0.15) is 0 Å². The summed E-state index contributed by atoms with van der Waals surface area (Å²) in [7, 11) is 1.78. The number of piperidine rings is 1. The summed E-state index contributed by atoms with van der Waals surface area (Å²) in [6, 6.07) is 0. The van der Waals surface area contributed by atoms with Gasteiger partial charge in [-0.25, -0.2) is 0 Å². The van der Waals surface area contributed by atoms with E-state index < -0.39 is 0 Å². The van der Waals surface area contributed by atoms with Gasteiger partial charge < -0.3 is 14.4 Å². The van der Waals surface area contributed by atoms with E-state index in [0.717, 1.165) is 32.8 Å². The van der Waals surface area contributed by atoms with E-state index in [9.17, 15) is 0 Å². The van der Waals surface area contributed by atoms with Gasteiger partial charge >= 0.3 is 0 Å². The van der Waals surface area contributed by atoms with Gasteiger partial charge in [-0.15, -0.1) is 0 Å². The van der Waals surface area contributed by atoms with E-state index in [1.807, 2.05) is 0 Å². The lowest BCUT2D eigenvalue weighted by Crippen LogP contribution is -2.47. The van der Waals surface area contributed by atoms with Crippen LogP contribution in [0, 0.1) is 5.41 Å². The monoisotopic (exact) mass is 185 g/mol. The summed E-state index contributed by atoms with van der Waals surface area (Å²) in [4.78, 5) is 2.47. The van der Waals surface area contributed by atoms with Gasteiger partial charge in [0.2, 0.25) is 0 Å². The maximum absolute atomic E-state index is 5.74. The molecule has 2 atom stereocenters. The molecule has 2 fully saturated rings. The lowest BCUT2D eigenvalue weighted by Gasteiger charge is -2.37. The summed E-state index contributed by atoms with van der Waals surface area (Å²) in [5, 5.41) is 0. The molecule has 0 aromatic heterocycles. The Morgan fingerprint density at radius 1 is 1.62 bits per heavy atom. The van der Waals surface area contributed by atoms with E-state index in [1.165, 1.54) is 6.42 Å². The average molecular weight is 185 g/mol. The molecular formula is C10H19NO2. The van der Waals surface area contributed by atoms with Crippen LogP contribution < -0.4 is 0 Å². The fourth-order valence-corrected chi connectivity index (χ4v) is 2.64. The highest BCUT2D eigenvalue weighted by atomic mass is 16.5. The predicted octanol–water partition coefficient (Wildman–Crippen LogP) is 0.744. The van der Waals surface area contributed by atoms with Crippen LogP contribution in [0.3, 0.4) is 0 Å². The Kier molecular flexibility index (Phi) is 2.58. The summed E-state index contributed by atoms with van der Waals surface area (Å²) < 4.78 is 11.0. The maximum Gasteiger partial charge on any atom is 0.0709 e. The van der Waals surface area contributed by atoms with Crippen molar-refractivity contribution in [3.63, 3.8) is 0 Å². The molecule has 0 unspecified atom stereocenters. The number of rotatable bonds is 3. The molecule has 3 nitrogen and oxygen atoms in total. The Bertz CT molecular complexity index is 182. The van der Waals surface area contributed by atoms with Crippen molar-refractivity contribution in [1.29, 1.82) is 0 Å². The number of likely N-dealkylation sites (N-methyl/N-ethyl adjacent to an activating group) is 1. The van der Waals surface area contributed by atoms with Crippen LogP contribution in [-0.2, 0) is 9.47 Å². The standard InChI is InChI=1S/C10H19NO2/c1-3-11-5-9-4-10(6-11,7-12-2)8-13-9/h9H,3-8H2,1-2H3/t9-,10+/m1/s1. The van der Waals surface area contributed by atoms with Crippen molar-refractivity contribution in [3.8, 4) is 0 Å². The first-order valence-corrected chi connectivity index (χ1v) is 5.11. The van der Waals surface area contributed by atoms with Gasteiger partial charge in [0.15, 0.2) is 0 Å². The van der Waals surface area contributed by atoms with Crippen LogP contribution in [0.15, 0.2) is 0 Å². The number of hydrogen-bond donors (Lipinski definition) is 0. The Balaban J connectivity index is 2.03. The lowest BCUT2D eigenvalue weighted by atomic mass is 9.83. The fourth-order valence-electron chi connectivity index (χ4n) is 2.64. The highest BCUT2D eigenvalue weighted by Gasteiger charge is 2.45. The first-order valence-electron chi connectivity index (χ1n) is 5.11. The van der Waals surface area contributed by atoms with E-state index in [0.29, 0.717) is 11.5 Å². The molecule has 0 aliphatic carbocycles. The van der Waals surface area contributed by atoms with Crippen molar-refractivity contribution in [1.82, 2.24) is 4.90 Å². The molecule has 2 heterocycles. The van der Waals surface area contributed by atoms with Crippen molar-refractivity contribution in [2.45, 2.75) is 19.4 Å². The first kappa shape index (κ1) is 9.44. The second-order valence-electron chi connectivity index (χ2n) is 4.40. The smallest absolute Gasteiger partial charge is 0.0709 e. The molecule has 2 bridgehead atoms. The van der Waals surface area contributed by atoms with Crippen LogP contribution in [0.4, 0.5) is 0 Å². The molecule has 0 aromatic rings. The van der Waals surface area contributed by atoms with Crippen LogP contribution in [0.1, 0.15) is 13.3 Å². The molecule has 0 aromatic carbocycles. The molecule has 2 aliphatic rings. The Labute approximate surface area is 80.0 Å². The van der Waals surface area contributed by atoms with Gasteiger partial charge in [-0.1, -0.05) is 6.92 Å². The van der Waals surface area contributed by atoms with Crippen LogP contribution in [0.2, 0.25) is 0 Å². The van der Waals surface area contributed by atoms with Crippen LogP contribution >= 0.6 is 0 Å². The van der Waals surface area contributed by atoms with E-state index in [2.05, 4.69) is 11.8 Å².